The van der Waals surface area contributed by atoms with Gasteiger partial charge in [-0.1, -0.05) is 0 Å². The van der Waals surface area contributed by atoms with Crippen molar-refractivity contribution in [3.8, 4) is 0 Å². The van der Waals surface area contributed by atoms with Crippen molar-refractivity contribution in [1.82, 2.24) is 9.38 Å². The van der Waals surface area contributed by atoms with Gasteiger partial charge in [-0.05, 0) is 31.2 Å². The van der Waals surface area contributed by atoms with E-state index in [2.05, 4.69) is 10.3 Å². The van der Waals surface area contributed by atoms with E-state index in [9.17, 15) is 9.59 Å². The van der Waals surface area contributed by atoms with Crippen LogP contribution in [0.1, 0.15) is 23.0 Å². The highest BCUT2D eigenvalue weighted by Gasteiger charge is 2.10. The number of carbonyl (C=O) groups excluding carboxylic acids is 2. The number of amides is 1. The first-order valence-electron chi connectivity index (χ1n) is 7.14. The Morgan fingerprint density at radius 3 is 2.78 bits per heavy atom. The molecule has 1 N–H and O–H groups in total. The molecule has 0 unspecified atom stereocenters. The molecule has 0 aliphatic rings. The molecule has 118 valence electrons. The second kappa shape index (κ2) is 6.62. The van der Waals surface area contributed by atoms with Crippen LogP contribution < -0.4 is 5.32 Å². The molecule has 1 amide bonds. The Kier molecular flexibility index (Phi) is 4.38. The van der Waals surface area contributed by atoms with Crippen molar-refractivity contribution in [3.05, 3.63) is 53.3 Å². The molecule has 7 heteroatoms. The van der Waals surface area contributed by atoms with Gasteiger partial charge in [-0.2, -0.15) is 0 Å². The fourth-order valence-electron chi connectivity index (χ4n) is 2.14. The van der Waals surface area contributed by atoms with Gasteiger partial charge in [0, 0.05) is 23.5 Å². The summed E-state index contributed by atoms with van der Waals surface area (Å²) in [5, 5.41) is 4.73. The number of ether oxygens (including phenoxy) is 1. The molecule has 23 heavy (non-hydrogen) atoms. The number of carbonyl (C=O) groups is 2. The average Bonchev–Trinajstić information content (AvgIpc) is 3.09. The van der Waals surface area contributed by atoms with E-state index in [-0.39, 0.29) is 18.3 Å². The van der Waals surface area contributed by atoms with E-state index in [1.54, 1.807) is 31.2 Å². The first kappa shape index (κ1) is 15.2. The van der Waals surface area contributed by atoms with Gasteiger partial charge in [-0.3, -0.25) is 9.20 Å². The van der Waals surface area contributed by atoms with Crippen LogP contribution in [0.3, 0.4) is 0 Å². The summed E-state index contributed by atoms with van der Waals surface area (Å²) in [6, 6.07) is 6.60. The largest absolute Gasteiger partial charge is 0.462 e. The number of benzene rings is 1. The zero-order valence-corrected chi connectivity index (χ0v) is 13.3. The molecular formula is C16H15N3O3S. The van der Waals surface area contributed by atoms with Gasteiger partial charge in [-0.15, -0.1) is 11.3 Å². The quantitative estimate of drug-likeness (QED) is 0.731. The third kappa shape index (κ3) is 3.57. The zero-order valence-electron chi connectivity index (χ0n) is 12.5. The van der Waals surface area contributed by atoms with Gasteiger partial charge in [0.15, 0.2) is 4.96 Å². The van der Waals surface area contributed by atoms with Crippen LogP contribution in [-0.2, 0) is 16.0 Å². The molecule has 0 fully saturated rings. The molecule has 2 heterocycles. The predicted molar refractivity (Wildman–Crippen MR) is 87.8 cm³/mol. The number of hydrogen-bond acceptors (Lipinski definition) is 5. The molecule has 1 aromatic carbocycles. The lowest BCUT2D eigenvalue weighted by Crippen LogP contribution is -2.14. The summed E-state index contributed by atoms with van der Waals surface area (Å²) in [6.07, 6.45) is 3.95. The van der Waals surface area contributed by atoms with Gasteiger partial charge in [0.05, 0.1) is 24.3 Å². The molecular weight excluding hydrogens is 314 g/mol. The summed E-state index contributed by atoms with van der Waals surface area (Å²) >= 11 is 1.52. The molecule has 0 saturated carbocycles. The molecule has 0 spiro atoms. The van der Waals surface area contributed by atoms with E-state index in [1.165, 1.54) is 11.3 Å². The average molecular weight is 329 g/mol. The number of esters is 1. The van der Waals surface area contributed by atoms with Gasteiger partial charge in [0.25, 0.3) is 0 Å². The highest BCUT2D eigenvalue weighted by molar-refractivity contribution is 7.15. The third-order valence-electron chi connectivity index (χ3n) is 3.16. The van der Waals surface area contributed by atoms with Crippen molar-refractivity contribution in [2.45, 2.75) is 13.3 Å². The first-order chi connectivity index (χ1) is 11.2. The van der Waals surface area contributed by atoms with Crippen LogP contribution in [0.2, 0.25) is 0 Å². The summed E-state index contributed by atoms with van der Waals surface area (Å²) in [6.45, 7) is 2.09. The van der Waals surface area contributed by atoms with Crippen molar-refractivity contribution in [2.75, 3.05) is 11.9 Å². The fraction of sp³-hybridized carbons (Fsp3) is 0.188. The first-order valence-corrected chi connectivity index (χ1v) is 8.02. The minimum atomic E-state index is -0.372. The van der Waals surface area contributed by atoms with E-state index in [0.29, 0.717) is 17.9 Å². The van der Waals surface area contributed by atoms with Crippen LogP contribution in [0.4, 0.5) is 5.69 Å². The Hall–Kier alpha value is -2.67. The number of imidazole rings is 1. The maximum atomic E-state index is 12.1. The van der Waals surface area contributed by atoms with Gasteiger partial charge < -0.3 is 10.1 Å². The van der Waals surface area contributed by atoms with Gasteiger partial charge in [0.2, 0.25) is 5.91 Å². The van der Waals surface area contributed by atoms with Crippen molar-refractivity contribution in [3.63, 3.8) is 0 Å². The molecule has 0 aliphatic carbocycles. The molecule has 6 nitrogen and oxygen atoms in total. The van der Waals surface area contributed by atoms with Crippen molar-refractivity contribution >= 4 is 33.9 Å². The predicted octanol–water partition coefficient (Wildman–Crippen LogP) is 2.75. The van der Waals surface area contributed by atoms with E-state index in [4.69, 9.17) is 4.74 Å². The number of aromatic nitrogens is 2. The number of thiazole rings is 1. The summed E-state index contributed by atoms with van der Waals surface area (Å²) < 4.78 is 6.80. The minimum Gasteiger partial charge on any atom is -0.462 e. The Balaban J connectivity index is 1.61. The highest BCUT2D eigenvalue weighted by Crippen LogP contribution is 2.14. The second-order valence-electron chi connectivity index (χ2n) is 4.85. The minimum absolute atomic E-state index is 0.153. The lowest BCUT2D eigenvalue weighted by molar-refractivity contribution is -0.115. The summed E-state index contributed by atoms with van der Waals surface area (Å²) in [4.78, 5) is 28.9. The highest BCUT2D eigenvalue weighted by atomic mass is 32.1. The maximum Gasteiger partial charge on any atom is 0.338 e. The number of nitrogens with zero attached hydrogens (tertiary/aromatic N) is 2. The van der Waals surface area contributed by atoms with Gasteiger partial charge in [0.1, 0.15) is 0 Å². The molecule has 0 bridgehead atoms. The Bertz CT molecular complexity index is 807. The molecule has 2 aromatic heterocycles. The standard InChI is InChI=1S/C16H15N3O3S/c1-2-22-15(21)11-3-5-12(6-4-11)17-14(20)9-13-10-19-7-8-23-16(19)18-13/h3-8,10H,2,9H2,1H3,(H,17,20). The second-order valence-corrected chi connectivity index (χ2v) is 5.72. The van der Waals surface area contributed by atoms with Gasteiger partial charge in [-0.25, -0.2) is 9.78 Å². The normalized spacial score (nSPS) is 10.7. The summed E-state index contributed by atoms with van der Waals surface area (Å²) in [5.41, 5.74) is 1.81. The van der Waals surface area contributed by atoms with E-state index < -0.39 is 0 Å². The van der Waals surface area contributed by atoms with Gasteiger partial charge >= 0.3 is 5.97 Å². The molecule has 0 aliphatic heterocycles. The van der Waals surface area contributed by atoms with E-state index in [1.807, 2.05) is 22.2 Å². The maximum absolute atomic E-state index is 12.1. The number of anilines is 1. The van der Waals surface area contributed by atoms with Crippen LogP contribution in [-0.4, -0.2) is 27.9 Å². The lowest BCUT2D eigenvalue weighted by atomic mass is 10.2. The SMILES string of the molecule is CCOC(=O)c1ccc(NC(=O)Cc2cn3ccsc3n2)cc1. The number of nitrogens with one attached hydrogen (secondary N) is 1. The van der Waals surface area contributed by atoms with E-state index >= 15 is 0 Å². The monoisotopic (exact) mass is 329 g/mol. The van der Waals surface area contributed by atoms with Crippen molar-refractivity contribution in [1.29, 1.82) is 0 Å². The summed E-state index contributed by atoms with van der Waals surface area (Å²) in [5.74, 6) is -0.525. The Morgan fingerprint density at radius 2 is 2.09 bits per heavy atom. The Labute approximate surface area is 136 Å². The van der Waals surface area contributed by atoms with E-state index in [0.717, 1.165) is 10.7 Å². The van der Waals surface area contributed by atoms with Crippen LogP contribution in [0.5, 0.6) is 0 Å². The zero-order chi connectivity index (χ0) is 16.2. The molecule has 0 saturated heterocycles. The van der Waals surface area contributed by atoms with Crippen molar-refractivity contribution in [2.24, 2.45) is 0 Å². The molecule has 3 rings (SSSR count). The molecule has 0 atom stereocenters. The van der Waals surface area contributed by atoms with Crippen LogP contribution >= 0.6 is 11.3 Å². The van der Waals surface area contributed by atoms with Crippen molar-refractivity contribution < 1.29 is 14.3 Å². The van der Waals surface area contributed by atoms with Crippen LogP contribution in [0.25, 0.3) is 4.96 Å². The lowest BCUT2D eigenvalue weighted by Gasteiger charge is -2.05. The van der Waals surface area contributed by atoms with Crippen LogP contribution in [0, 0.1) is 0 Å². The number of fused-ring (bicyclic) bond motifs is 1. The topological polar surface area (TPSA) is 72.7 Å². The third-order valence-corrected chi connectivity index (χ3v) is 3.94. The fourth-order valence-corrected chi connectivity index (χ4v) is 2.85. The smallest absolute Gasteiger partial charge is 0.338 e. The molecule has 3 aromatic rings. The Morgan fingerprint density at radius 1 is 1.30 bits per heavy atom. The van der Waals surface area contributed by atoms with Crippen LogP contribution in [0.15, 0.2) is 42.0 Å². The number of rotatable bonds is 5. The number of hydrogen-bond donors (Lipinski definition) is 1. The molecule has 0 radical (unpaired) electrons. The summed E-state index contributed by atoms with van der Waals surface area (Å²) in [7, 11) is 0.